The second-order valence-corrected chi connectivity index (χ2v) is 5.90. The molecule has 0 bridgehead atoms. The molecule has 2 rings (SSSR count). The van der Waals surface area contributed by atoms with Crippen molar-refractivity contribution in [3.05, 3.63) is 57.5 Å². The molecule has 0 fully saturated rings. The minimum absolute atomic E-state index is 0.0347. The second kappa shape index (κ2) is 6.96. The van der Waals surface area contributed by atoms with Gasteiger partial charge in [0.2, 0.25) is 5.91 Å². The van der Waals surface area contributed by atoms with Crippen LogP contribution in [0.4, 0.5) is 5.69 Å². The summed E-state index contributed by atoms with van der Waals surface area (Å²) < 4.78 is 6.04. The van der Waals surface area contributed by atoms with Crippen LogP contribution in [0.5, 0.6) is 5.75 Å². The van der Waals surface area contributed by atoms with E-state index in [4.69, 9.17) is 16.3 Å². The van der Waals surface area contributed by atoms with Gasteiger partial charge in [-0.2, -0.15) is 0 Å². The van der Waals surface area contributed by atoms with Crippen molar-refractivity contribution >= 4 is 39.1 Å². The Balaban J connectivity index is 2.15. The van der Waals surface area contributed by atoms with Gasteiger partial charge >= 0.3 is 0 Å². The number of ether oxygens (including phenoxy) is 1. The molecule has 0 spiro atoms. The second-order valence-electron chi connectivity index (χ2n) is 4.58. The van der Waals surface area contributed by atoms with Gasteiger partial charge in [-0.15, -0.1) is 0 Å². The van der Waals surface area contributed by atoms with Gasteiger partial charge in [0.05, 0.1) is 24.2 Å². The van der Waals surface area contributed by atoms with Crippen molar-refractivity contribution < 1.29 is 9.53 Å². The Kier molecular flexibility index (Phi) is 5.26. The highest BCUT2D eigenvalue weighted by molar-refractivity contribution is 9.10. The van der Waals surface area contributed by atoms with Crippen LogP contribution in [0.3, 0.4) is 0 Å². The average molecular weight is 369 g/mol. The Labute approximate surface area is 137 Å². The highest BCUT2D eigenvalue weighted by Gasteiger charge is 2.15. The van der Waals surface area contributed by atoms with Gasteiger partial charge in [0.1, 0.15) is 5.75 Å². The first-order valence-electron chi connectivity index (χ1n) is 6.36. The summed E-state index contributed by atoms with van der Waals surface area (Å²) in [5, 5.41) is 0.533. The van der Waals surface area contributed by atoms with Crippen molar-refractivity contribution in [2.75, 3.05) is 19.1 Å². The van der Waals surface area contributed by atoms with E-state index in [-0.39, 0.29) is 5.91 Å². The van der Waals surface area contributed by atoms with E-state index in [2.05, 4.69) is 15.9 Å². The lowest BCUT2D eigenvalue weighted by molar-refractivity contribution is -0.117. The molecule has 0 radical (unpaired) electrons. The number of amides is 1. The van der Waals surface area contributed by atoms with Crippen LogP contribution in [-0.4, -0.2) is 20.1 Å². The number of carbonyl (C=O) groups is 1. The first-order chi connectivity index (χ1) is 10.0. The van der Waals surface area contributed by atoms with Crippen molar-refractivity contribution in [1.29, 1.82) is 0 Å². The molecule has 3 nitrogen and oxygen atoms in total. The molecule has 0 heterocycles. The molecule has 2 aromatic carbocycles. The summed E-state index contributed by atoms with van der Waals surface area (Å²) in [6, 6.07) is 12.9. The molecule has 0 N–H and O–H groups in total. The third-order valence-corrected chi connectivity index (χ3v) is 3.93. The third kappa shape index (κ3) is 3.99. The molecule has 0 saturated carbocycles. The first kappa shape index (κ1) is 15.9. The van der Waals surface area contributed by atoms with Crippen LogP contribution in [-0.2, 0) is 11.2 Å². The lowest BCUT2D eigenvalue weighted by atomic mass is 10.1. The maximum Gasteiger partial charge on any atom is 0.231 e. The number of anilines is 1. The summed E-state index contributed by atoms with van der Waals surface area (Å²) in [6.45, 7) is 0. The van der Waals surface area contributed by atoms with Crippen molar-refractivity contribution in [2.24, 2.45) is 0 Å². The summed E-state index contributed by atoms with van der Waals surface area (Å²) in [5.41, 5.74) is 1.59. The van der Waals surface area contributed by atoms with E-state index < -0.39 is 0 Å². The van der Waals surface area contributed by atoms with E-state index in [9.17, 15) is 4.79 Å². The fourth-order valence-corrected chi connectivity index (χ4v) is 2.76. The molecular weight excluding hydrogens is 354 g/mol. The molecule has 110 valence electrons. The number of likely N-dealkylation sites (N-methyl/N-ethyl adjacent to an activating group) is 1. The zero-order chi connectivity index (χ0) is 15.4. The Morgan fingerprint density at radius 1 is 1.29 bits per heavy atom. The van der Waals surface area contributed by atoms with Gasteiger partial charge in [-0.3, -0.25) is 4.79 Å². The average Bonchev–Trinajstić information content (AvgIpc) is 2.46. The van der Waals surface area contributed by atoms with Gasteiger partial charge in [0, 0.05) is 11.5 Å². The van der Waals surface area contributed by atoms with Gasteiger partial charge in [-0.05, 0) is 35.9 Å². The Hall–Kier alpha value is -1.52. The molecule has 5 heteroatoms. The highest BCUT2D eigenvalue weighted by Crippen LogP contribution is 2.28. The number of halogens is 2. The van der Waals surface area contributed by atoms with Crippen LogP contribution >= 0.6 is 27.5 Å². The standard InChI is InChI=1S/C16H15BrClNO2/c1-19(15-7-6-12(17)10-14(15)18)16(20)9-11-4-3-5-13(8-11)21-2/h3-8,10H,9H2,1-2H3. The van der Waals surface area contributed by atoms with E-state index >= 15 is 0 Å². The number of nitrogens with zero attached hydrogens (tertiary/aromatic N) is 1. The van der Waals surface area contributed by atoms with Crippen LogP contribution in [0.1, 0.15) is 5.56 Å². The van der Waals surface area contributed by atoms with Crippen LogP contribution in [0.2, 0.25) is 5.02 Å². The zero-order valence-corrected chi connectivity index (χ0v) is 14.1. The van der Waals surface area contributed by atoms with Gasteiger partial charge < -0.3 is 9.64 Å². The van der Waals surface area contributed by atoms with Crippen molar-refractivity contribution in [3.8, 4) is 5.75 Å². The fourth-order valence-electron chi connectivity index (χ4n) is 1.96. The Morgan fingerprint density at radius 2 is 2.05 bits per heavy atom. The number of rotatable bonds is 4. The van der Waals surface area contributed by atoms with Gasteiger partial charge in [0.25, 0.3) is 0 Å². The Morgan fingerprint density at radius 3 is 2.71 bits per heavy atom. The molecule has 0 aliphatic carbocycles. The summed E-state index contributed by atoms with van der Waals surface area (Å²) in [7, 11) is 3.33. The smallest absolute Gasteiger partial charge is 0.231 e. The molecule has 0 aliphatic rings. The van der Waals surface area contributed by atoms with Crippen molar-refractivity contribution in [2.45, 2.75) is 6.42 Å². The topological polar surface area (TPSA) is 29.5 Å². The number of benzene rings is 2. The lowest BCUT2D eigenvalue weighted by Crippen LogP contribution is -2.28. The summed E-state index contributed by atoms with van der Waals surface area (Å²) >= 11 is 9.53. The zero-order valence-electron chi connectivity index (χ0n) is 11.8. The molecule has 0 unspecified atom stereocenters. The molecule has 0 saturated heterocycles. The molecule has 0 atom stereocenters. The highest BCUT2D eigenvalue weighted by atomic mass is 79.9. The van der Waals surface area contributed by atoms with E-state index in [1.165, 1.54) is 0 Å². The third-order valence-electron chi connectivity index (χ3n) is 3.13. The van der Waals surface area contributed by atoms with E-state index in [1.807, 2.05) is 36.4 Å². The van der Waals surface area contributed by atoms with Gasteiger partial charge in [-0.1, -0.05) is 39.7 Å². The molecule has 2 aromatic rings. The van der Waals surface area contributed by atoms with Gasteiger partial charge in [-0.25, -0.2) is 0 Å². The minimum atomic E-state index is -0.0347. The first-order valence-corrected chi connectivity index (χ1v) is 7.53. The van der Waals surface area contributed by atoms with Crippen LogP contribution < -0.4 is 9.64 Å². The molecule has 21 heavy (non-hydrogen) atoms. The van der Waals surface area contributed by atoms with Gasteiger partial charge in [0.15, 0.2) is 0 Å². The maximum absolute atomic E-state index is 12.4. The molecule has 1 amide bonds. The number of carbonyl (C=O) groups excluding carboxylic acids is 1. The maximum atomic E-state index is 12.4. The van der Waals surface area contributed by atoms with E-state index in [0.717, 1.165) is 15.8 Å². The normalized spacial score (nSPS) is 10.3. The lowest BCUT2D eigenvalue weighted by Gasteiger charge is -2.19. The largest absolute Gasteiger partial charge is 0.497 e. The van der Waals surface area contributed by atoms with Crippen LogP contribution in [0, 0.1) is 0 Å². The molecule has 0 aromatic heterocycles. The Bertz CT molecular complexity index is 660. The van der Waals surface area contributed by atoms with Crippen LogP contribution in [0.25, 0.3) is 0 Å². The molecular formula is C16H15BrClNO2. The number of methoxy groups -OCH3 is 1. The monoisotopic (exact) mass is 367 g/mol. The summed E-state index contributed by atoms with van der Waals surface area (Å²) in [4.78, 5) is 13.9. The quantitative estimate of drug-likeness (QED) is 0.804. The molecule has 0 aliphatic heterocycles. The fraction of sp³-hybridized carbons (Fsp3) is 0.188. The SMILES string of the molecule is COc1cccc(CC(=O)N(C)c2ccc(Br)cc2Cl)c1. The number of hydrogen-bond donors (Lipinski definition) is 0. The van der Waals surface area contributed by atoms with Crippen molar-refractivity contribution in [1.82, 2.24) is 0 Å². The van der Waals surface area contributed by atoms with Crippen LogP contribution in [0.15, 0.2) is 46.9 Å². The number of hydrogen-bond acceptors (Lipinski definition) is 2. The summed E-state index contributed by atoms with van der Waals surface area (Å²) in [6.07, 6.45) is 0.292. The predicted octanol–water partition coefficient (Wildman–Crippen LogP) is 4.32. The van der Waals surface area contributed by atoms with E-state index in [0.29, 0.717) is 17.1 Å². The summed E-state index contributed by atoms with van der Waals surface area (Å²) in [5.74, 6) is 0.706. The van der Waals surface area contributed by atoms with E-state index in [1.54, 1.807) is 25.1 Å². The minimum Gasteiger partial charge on any atom is -0.497 e. The predicted molar refractivity (Wildman–Crippen MR) is 89.3 cm³/mol. The van der Waals surface area contributed by atoms with Crippen molar-refractivity contribution in [3.63, 3.8) is 0 Å².